The third-order valence-electron chi connectivity index (χ3n) is 4.05. The van der Waals surface area contributed by atoms with Crippen molar-refractivity contribution in [1.82, 2.24) is 20.4 Å². The minimum Gasteiger partial charge on any atom is -0.439 e. The van der Waals surface area contributed by atoms with Gasteiger partial charge in [-0.15, -0.1) is 11.3 Å². The van der Waals surface area contributed by atoms with Gasteiger partial charge in [-0.1, -0.05) is 41.6 Å². The molecular weight excluding hydrogens is 376 g/mol. The van der Waals surface area contributed by atoms with Crippen molar-refractivity contribution in [3.8, 4) is 22.0 Å². The van der Waals surface area contributed by atoms with E-state index in [4.69, 9.17) is 8.94 Å². The van der Waals surface area contributed by atoms with Gasteiger partial charge in [-0.05, 0) is 17.9 Å². The van der Waals surface area contributed by atoms with E-state index in [1.165, 1.54) is 0 Å². The van der Waals surface area contributed by atoms with Crippen LogP contribution in [0.3, 0.4) is 0 Å². The highest BCUT2D eigenvalue weighted by Crippen LogP contribution is 2.22. The molecule has 4 rings (SSSR count). The highest BCUT2D eigenvalue weighted by atomic mass is 32.1. The number of benzene rings is 1. The Balaban J connectivity index is 1.21. The van der Waals surface area contributed by atoms with E-state index in [0.717, 1.165) is 10.4 Å². The number of hydrogen-bond acceptors (Lipinski definition) is 7. The van der Waals surface area contributed by atoms with Gasteiger partial charge in [0, 0.05) is 18.4 Å². The lowest BCUT2D eigenvalue weighted by molar-refractivity contribution is -0.121. The molecule has 0 aliphatic heterocycles. The first-order valence-electron chi connectivity index (χ1n) is 8.91. The largest absolute Gasteiger partial charge is 0.439 e. The first kappa shape index (κ1) is 18.1. The average Bonchev–Trinajstić information content (AvgIpc) is 3.48. The molecule has 0 saturated heterocycles. The maximum Gasteiger partial charge on any atom is 0.226 e. The fraction of sp³-hybridized carbons (Fsp3) is 0.200. The molecule has 0 fully saturated rings. The molecule has 0 atom stereocenters. The molecule has 0 spiro atoms. The number of aryl methyl sites for hydroxylation is 1. The Kier molecular flexibility index (Phi) is 5.58. The van der Waals surface area contributed by atoms with Crippen molar-refractivity contribution >= 4 is 17.2 Å². The number of thiophene rings is 1. The van der Waals surface area contributed by atoms with Crippen LogP contribution in [0, 0.1) is 0 Å². The van der Waals surface area contributed by atoms with Crippen molar-refractivity contribution in [2.24, 2.45) is 0 Å². The molecule has 0 aliphatic carbocycles. The molecule has 0 bridgehead atoms. The molecule has 7 nitrogen and oxygen atoms in total. The highest BCUT2D eigenvalue weighted by molar-refractivity contribution is 7.13. The molecule has 8 heteroatoms. The lowest BCUT2D eigenvalue weighted by Crippen LogP contribution is -2.22. The molecule has 0 radical (unpaired) electrons. The van der Waals surface area contributed by atoms with Gasteiger partial charge in [-0.3, -0.25) is 4.79 Å². The van der Waals surface area contributed by atoms with Crippen LogP contribution < -0.4 is 5.32 Å². The van der Waals surface area contributed by atoms with Crippen LogP contribution >= 0.6 is 11.3 Å². The zero-order valence-electron chi connectivity index (χ0n) is 15.0. The van der Waals surface area contributed by atoms with Gasteiger partial charge in [0.15, 0.2) is 5.76 Å². The lowest BCUT2D eigenvalue weighted by atomic mass is 10.2. The van der Waals surface area contributed by atoms with Crippen LogP contribution in [0.4, 0.5) is 0 Å². The van der Waals surface area contributed by atoms with Crippen LogP contribution in [0.15, 0.2) is 63.0 Å². The van der Waals surface area contributed by atoms with Crippen molar-refractivity contribution in [3.63, 3.8) is 0 Å². The smallest absolute Gasteiger partial charge is 0.226 e. The molecule has 3 aromatic heterocycles. The number of carbonyl (C=O) groups excluding carboxylic acids is 1. The maximum absolute atomic E-state index is 12.0. The number of hydrogen-bond donors (Lipinski definition) is 1. The van der Waals surface area contributed by atoms with Crippen molar-refractivity contribution < 1.29 is 13.7 Å². The number of aromatic nitrogens is 3. The molecule has 1 amide bonds. The molecular formula is C20H18N4O3S. The van der Waals surface area contributed by atoms with E-state index in [1.54, 1.807) is 17.5 Å². The monoisotopic (exact) mass is 394 g/mol. The van der Waals surface area contributed by atoms with Crippen molar-refractivity contribution in [1.29, 1.82) is 0 Å². The van der Waals surface area contributed by atoms with Crippen LogP contribution in [-0.4, -0.2) is 21.0 Å². The summed E-state index contributed by atoms with van der Waals surface area (Å²) in [7, 11) is 0. The van der Waals surface area contributed by atoms with Crippen LogP contribution in [-0.2, 0) is 17.8 Å². The van der Waals surface area contributed by atoms with Crippen LogP contribution in [0.5, 0.6) is 0 Å². The normalized spacial score (nSPS) is 10.9. The van der Waals surface area contributed by atoms with E-state index >= 15 is 0 Å². The molecule has 142 valence electrons. The first-order valence-corrected chi connectivity index (χ1v) is 9.79. The maximum atomic E-state index is 12.0. The third-order valence-corrected chi connectivity index (χ3v) is 4.92. The predicted molar refractivity (Wildman–Crippen MR) is 104 cm³/mol. The fourth-order valence-electron chi connectivity index (χ4n) is 2.65. The summed E-state index contributed by atoms with van der Waals surface area (Å²) in [5.41, 5.74) is 0.953. The minimum absolute atomic E-state index is 0.0718. The second kappa shape index (κ2) is 8.62. The molecule has 0 unspecified atom stereocenters. The van der Waals surface area contributed by atoms with Crippen LogP contribution in [0.2, 0.25) is 0 Å². The third kappa shape index (κ3) is 4.52. The Bertz CT molecular complexity index is 1020. The molecule has 1 N–H and O–H groups in total. The Morgan fingerprint density at radius 2 is 2.00 bits per heavy atom. The summed E-state index contributed by atoms with van der Waals surface area (Å²) in [6, 6.07) is 13.6. The summed E-state index contributed by atoms with van der Waals surface area (Å²) in [5, 5.41) is 8.74. The molecule has 0 aliphatic rings. The van der Waals surface area contributed by atoms with Crippen molar-refractivity contribution in [3.05, 3.63) is 65.8 Å². The quantitative estimate of drug-likeness (QED) is 0.484. The second-order valence-corrected chi connectivity index (χ2v) is 7.05. The standard InChI is InChI=1S/C20H18N4O3S/c25-17(9-4-10-18-23-20(24-27-18)16-8-5-11-28-16)21-13-19-22-12-15(26-19)14-6-2-1-3-7-14/h1-3,5-8,11-12H,4,9-10,13H2,(H,21,25). The van der Waals surface area contributed by atoms with Gasteiger partial charge in [0.05, 0.1) is 17.6 Å². The van der Waals surface area contributed by atoms with Gasteiger partial charge < -0.3 is 14.3 Å². The molecule has 3 heterocycles. The molecule has 28 heavy (non-hydrogen) atoms. The Hall–Kier alpha value is -3.26. The molecule has 0 saturated carbocycles. The molecule has 1 aromatic carbocycles. The van der Waals surface area contributed by atoms with Crippen LogP contribution in [0.1, 0.15) is 24.6 Å². The van der Waals surface area contributed by atoms with Gasteiger partial charge >= 0.3 is 0 Å². The number of oxazole rings is 1. The highest BCUT2D eigenvalue weighted by Gasteiger charge is 2.11. The molecule has 4 aromatic rings. The summed E-state index contributed by atoms with van der Waals surface area (Å²) in [4.78, 5) is 21.6. The minimum atomic E-state index is -0.0718. The van der Waals surface area contributed by atoms with E-state index in [9.17, 15) is 4.79 Å². The van der Waals surface area contributed by atoms with Gasteiger partial charge in [0.25, 0.3) is 0 Å². The zero-order valence-corrected chi connectivity index (χ0v) is 15.8. The summed E-state index contributed by atoms with van der Waals surface area (Å²) in [6.45, 7) is 0.259. The predicted octanol–water partition coefficient (Wildman–Crippen LogP) is 4.09. The topological polar surface area (TPSA) is 94.0 Å². The van der Waals surface area contributed by atoms with E-state index in [0.29, 0.717) is 42.6 Å². The summed E-state index contributed by atoms with van der Waals surface area (Å²) >= 11 is 1.56. The Morgan fingerprint density at radius 1 is 1.11 bits per heavy atom. The summed E-state index contributed by atoms with van der Waals surface area (Å²) < 4.78 is 10.9. The van der Waals surface area contributed by atoms with E-state index < -0.39 is 0 Å². The summed E-state index contributed by atoms with van der Waals surface area (Å²) in [5.74, 6) is 2.22. The van der Waals surface area contributed by atoms with Gasteiger partial charge in [-0.2, -0.15) is 4.98 Å². The number of nitrogens with zero attached hydrogens (tertiary/aromatic N) is 3. The average molecular weight is 394 g/mol. The number of carbonyl (C=O) groups is 1. The second-order valence-electron chi connectivity index (χ2n) is 6.10. The van der Waals surface area contributed by atoms with Crippen LogP contribution in [0.25, 0.3) is 22.0 Å². The van der Waals surface area contributed by atoms with E-state index in [1.807, 2.05) is 47.8 Å². The van der Waals surface area contributed by atoms with E-state index in [-0.39, 0.29) is 12.5 Å². The number of amides is 1. The Labute approximate surface area is 165 Å². The first-order chi connectivity index (χ1) is 13.8. The fourth-order valence-corrected chi connectivity index (χ4v) is 3.30. The lowest BCUT2D eigenvalue weighted by Gasteiger charge is -2.01. The van der Waals surface area contributed by atoms with Gasteiger partial charge in [-0.25, -0.2) is 4.98 Å². The van der Waals surface area contributed by atoms with E-state index in [2.05, 4.69) is 20.4 Å². The number of rotatable bonds is 8. The SMILES string of the molecule is O=C(CCCc1nc(-c2cccs2)no1)NCc1ncc(-c2ccccc2)o1. The summed E-state index contributed by atoms with van der Waals surface area (Å²) in [6.07, 6.45) is 3.21. The van der Waals surface area contributed by atoms with Gasteiger partial charge in [0.2, 0.25) is 23.5 Å². The van der Waals surface area contributed by atoms with Crippen molar-refractivity contribution in [2.75, 3.05) is 0 Å². The van der Waals surface area contributed by atoms with Gasteiger partial charge in [0.1, 0.15) is 0 Å². The Morgan fingerprint density at radius 3 is 2.82 bits per heavy atom. The van der Waals surface area contributed by atoms with Crippen molar-refractivity contribution in [2.45, 2.75) is 25.8 Å². The zero-order chi connectivity index (χ0) is 19.2. The number of nitrogens with one attached hydrogen (secondary N) is 1.